The first kappa shape index (κ1) is 20.8. The highest BCUT2D eigenvalue weighted by Crippen LogP contribution is 2.26. The van der Waals surface area contributed by atoms with Gasteiger partial charge in [0.25, 0.3) is 0 Å². The summed E-state index contributed by atoms with van der Waals surface area (Å²) in [6, 6.07) is 13.2. The first-order valence-corrected chi connectivity index (χ1v) is 10.5. The van der Waals surface area contributed by atoms with Gasteiger partial charge in [-0.15, -0.1) is 0 Å². The van der Waals surface area contributed by atoms with E-state index in [1.165, 1.54) is 7.11 Å². The minimum atomic E-state index is -3.68. The average Bonchev–Trinajstić information content (AvgIpc) is 2.61. The Bertz CT molecular complexity index is 892. The average molecular weight is 391 g/mol. The molecule has 27 heavy (non-hydrogen) atoms. The molecule has 146 valence electrons. The van der Waals surface area contributed by atoms with Crippen LogP contribution < -0.4 is 14.4 Å². The largest absolute Gasteiger partial charge is 0.497 e. The zero-order valence-electron chi connectivity index (χ0n) is 16.3. The molecule has 7 heteroatoms. The molecule has 2 aromatic rings. The fraction of sp³-hybridized carbons (Fsp3) is 0.350. The maximum atomic E-state index is 12.7. The van der Waals surface area contributed by atoms with Gasteiger partial charge in [-0.05, 0) is 42.7 Å². The van der Waals surface area contributed by atoms with Crippen molar-refractivity contribution in [3.8, 4) is 5.75 Å². The van der Waals surface area contributed by atoms with E-state index in [9.17, 15) is 13.2 Å². The lowest BCUT2D eigenvalue weighted by Gasteiger charge is -2.28. The number of carbonyl (C=O) groups excluding carboxylic acids is 1. The second kappa shape index (κ2) is 8.43. The summed E-state index contributed by atoms with van der Waals surface area (Å²) in [5.41, 5.74) is 2.15. The first-order chi connectivity index (χ1) is 12.6. The number of methoxy groups -OCH3 is 1. The summed E-state index contributed by atoms with van der Waals surface area (Å²) in [5, 5.41) is 2.78. The number of sulfonamides is 1. The zero-order chi connectivity index (χ0) is 20.2. The number of amides is 1. The van der Waals surface area contributed by atoms with Gasteiger partial charge in [0.1, 0.15) is 11.8 Å². The van der Waals surface area contributed by atoms with E-state index in [4.69, 9.17) is 4.74 Å². The fourth-order valence-corrected chi connectivity index (χ4v) is 3.92. The number of ether oxygens (including phenoxy) is 1. The maximum Gasteiger partial charge on any atom is 0.247 e. The fourth-order valence-electron chi connectivity index (χ4n) is 2.75. The Balaban J connectivity index is 2.26. The van der Waals surface area contributed by atoms with E-state index in [2.05, 4.69) is 19.2 Å². The highest BCUT2D eigenvalue weighted by Gasteiger charge is 2.29. The van der Waals surface area contributed by atoms with E-state index in [0.717, 1.165) is 16.1 Å². The van der Waals surface area contributed by atoms with Crippen LogP contribution in [0.2, 0.25) is 0 Å². The molecule has 1 amide bonds. The number of hydrogen-bond donors (Lipinski definition) is 1. The lowest BCUT2D eigenvalue weighted by Crippen LogP contribution is -2.45. The van der Waals surface area contributed by atoms with Crippen LogP contribution in [0.1, 0.15) is 32.3 Å². The second-order valence-electron chi connectivity index (χ2n) is 6.70. The third kappa shape index (κ3) is 5.23. The van der Waals surface area contributed by atoms with Gasteiger partial charge in [-0.3, -0.25) is 9.10 Å². The topological polar surface area (TPSA) is 75.7 Å². The Morgan fingerprint density at radius 1 is 1.07 bits per heavy atom. The summed E-state index contributed by atoms with van der Waals surface area (Å²) in [6.45, 7) is 5.74. The monoisotopic (exact) mass is 390 g/mol. The van der Waals surface area contributed by atoms with Gasteiger partial charge in [-0.1, -0.05) is 32.0 Å². The van der Waals surface area contributed by atoms with E-state index in [-0.39, 0.29) is 0 Å². The number of nitrogens with zero attached hydrogens (tertiary/aromatic N) is 1. The molecular formula is C20H26N2O4S. The molecule has 0 radical (unpaired) electrons. The zero-order valence-corrected chi connectivity index (χ0v) is 17.1. The molecule has 0 saturated carbocycles. The summed E-state index contributed by atoms with van der Waals surface area (Å²) in [6.07, 6.45) is 1.08. The number of hydrogen-bond acceptors (Lipinski definition) is 4. The van der Waals surface area contributed by atoms with E-state index in [1.54, 1.807) is 31.2 Å². The number of rotatable bonds is 7. The molecular weight excluding hydrogens is 364 g/mol. The van der Waals surface area contributed by atoms with Gasteiger partial charge in [0.2, 0.25) is 15.9 Å². The lowest BCUT2D eigenvalue weighted by atomic mass is 10.0. The minimum absolute atomic E-state index is 0.370. The Morgan fingerprint density at radius 3 is 2.22 bits per heavy atom. The maximum absolute atomic E-state index is 12.7. The van der Waals surface area contributed by atoms with Crippen LogP contribution in [0.4, 0.5) is 11.4 Å². The van der Waals surface area contributed by atoms with Gasteiger partial charge >= 0.3 is 0 Å². The summed E-state index contributed by atoms with van der Waals surface area (Å²) >= 11 is 0. The van der Waals surface area contributed by atoms with E-state index < -0.39 is 22.0 Å². The van der Waals surface area contributed by atoms with Gasteiger partial charge in [-0.2, -0.15) is 0 Å². The van der Waals surface area contributed by atoms with E-state index in [1.807, 2.05) is 24.3 Å². The number of benzene rings is 2. The van der Waals surface area contributed by atoms with Gasteiger partial charge in [0, 0.05) is 11.8 Å². The third-order valence-corrected chi connectivity index (χ3v) is 5.48. The van der Waals surface area contributed by atoms with Crippen LogP contribution in [0.3, 0.4) is 0 Å². The van der Waals surface area contributed by atoms with Crippen LogP contribution in [-0.2, 0) is 14.8 Å². The molecule has 2 aromatic carbocycles. The van der Waals surface area contributed by atoms with Crippen molar-refractivity contribution in [2.24, 2.45) is 0 Å². The Hall–Kier alpha value is -2.54. The molecule has 2 rings (SSSR count). The Kier molecular flexibility index (Phi) is 6.49. The molecule has 1 unspecified atom stereocenters. The number of nitrogens with one attached hydrogen (secondary N) is 1. The molecule has 0 aromatic heterocycles. The van der Waals surface area contributed by atoms with Crippen LogP contribution in [0.5, 0.6) is 5.75 Å². The van der Waals surface area contributed by atoms with Crippen molar-refractivity contribution in [1.29, 1.82) is 0 Å². The van der Waals surface area contributed by atoms with Crippen LogP contribution in [0, 0.1) is 0 Å². The van der Waals surface area contributed by atoms with Gasteiger partial charge in [-0.25, -0.2) is 8.42 Å². The summed E-state index contributed by atoms with van der Waals surface area (Å²) in [4.78, 5) is 12.7. The van der Waals surface area contributed by atoms with Crippen molar-refractivity contribution in [3.63, 3.8) is 0 Å². The van der Waals surface area contributed by atoms with Crippen LogP contribution >= 0.6 is 0 Å². The van der Waals surface area contributed by atoms with Gasteiger partial charge < -0.3 is 10.1 Å². The minimum Gasteiger partial charge on any atom is -0.497 e. The Morgan fingerprint density at radius 2 is 1.70 bits per heavy atom. The van der Waals surface area contributed by atoms with Crippen LogP contribution in [0.15, 0.2) is 48.5 Å². The predicted molar refractivity (Wildman–Crippen MR) is 109 cm³/mol. The smallest absolute Gasteiger partial charge is 0.247 e. The molecule has 0 aliphatic rings. The highest BCUT2D eigenvalue weighted by molar-refractivity contribution is 7.92. The molecule has 1 N–H and O–H groups in total. The summed E-state index contributed by atoms with van der Waals surface area (Å²) in [5.74, 6) is 0.487. The normalized spacial score (nSPS) is 12.5. The van der Waals surface area contributed by atoms with E-state index in [0.29, 0.717) is 23.0 Å². The van der Waals surface area contributed by atoms with Crippen molar-refractivity contribution in [2.75, 3.05) is 23.0 Å². The first-order valence-electron chi connectivity index (χ1n) is 8.67. The SMILES string of the molecule is COc1cccc(N(C(C)C(=O)Nc2ccc(C(C)C)cc2)S(C)(=O)=O)c1. The predicted octanol–water partition coefficient (Wildman–Crippen LogP) is 3.61. The number of anilines is 2. The van der Waals surface area contributed by atoms with Crippen LogP contribution in [0.25, 0.3) is 0 Å². The molecule has 0 bridgehead atoms. The summed E-state index contributed by atoms with van der Waals surface area (Å²) < 4.78 is 31.0. The lowest BCUT2D eigenvalue weighted by molar-refractivity contribution is -0.116. The summed E-state index contributed by atoms with van der Waals surface area (Å²) in [7, 11) is -2.18. The van der Waals surface area contributed by atoms with Crippen molar-refractivity contribution in [3.05, 3.63) is 54.1 Å². The molecule has 0 heterocycles. The molecule has 0 aliphatic heterocycles. The van der Waals surface area contributed by atoms with Gasteiger partial charge in [0.05, 0.1) is 19.1 Å². The molecule has 0 spiro atoms. The van der Waals surface area contributed by atoms with Crippen molar-refractivity contribution >= 4 is 27.3 Å². The molecule has 0 fully saturated rings. The van der Waals surface area contributed by atoms with Crippen molar-refractivity contribution in [1.82, 2.24) is 0 Å². The quantitative estimate of drug-likeness (QED) is 0.784. The molecule has 0 saturated heterocycles. The third-order valence-electron chi connectivity index (χ3n) is 4.24. The van der Waals surface area contributed by atoms with Crippen LogP contribution in [-0.4, -0.2) is 33.7 Å². The molecule has 6 nitrogen and oxygen atoms in total. The van der Waals surface area contributed by atoms with Crippen molar-refractivity contribution < 1.29 is 17.9 Å². The standard InChI is InChI=1S/C20H26N2O4S/c1-14(2)16-9-11-17(12-10-16)21-20(23)15(3)22(27(5,24)25)18-7-6-8-19(13-18)26-4/h6-15H,1-5H3,(H,21,23). The van der Waals surface area contributed by atoms with Gasteiger partial charge in [0.15, 0.2) is 0 Å². The second-order valence-corrected chi connectivity index (χ2v) is 8.56. The highest BCUT2D eigenvalue weighted by atomic mass is 32.2. The molecule has 0 aliphatic carbocycles. The van der Waals surface area contributed by atoms with E-state index >= 15 is 0 Å². The number of carbonyl (C=O) groups is 1. The Labute approximate surface area is 161 Å². The molecule has 1 atom stereocenters. The van der Waals surface area contributed by atoms with Crippen molar-refractivity contribution in [2.45, 2.75) is 32.7 Å².